The zero-order valence-corrected chi connectivity index (χ0v) is 13.9. The second kappa shape index (κ2) is 6.24. The largest absolute Gasteiger partial charge is 0.311 e. The highest BCUT2D eigenvalue weighted by Crippen LogP contribution is 2.26. The summed E-state index contributed by atoms with van der Waals surface area (Å²) in [5, 5.41) is 8.28. The Bertz CT molecular complexity index is 897. The molecule has 0 radical (unpaired) electrons. The van der Waals surface area contributed by atoms with Crippen LogP contribution in [0.4, 0.5) is 0 Å². The minimum Gasteiger partial charge on any atom is -0.311 e. The summed E-state index contributed by atoms with van der Waals surface area (Å²) in [7, 11) is 1.86. The molecule has 1 aliphatic rings. The van der Waals surface area contributed by atoms with Gasteiger partial charge in [-0.3, -0.25) is 14.8 Å². The molecule has 1 unspecified atom stereocenters. The Morgan fingerprint density at radius 1 is 1.29 bits per heavy atom. The van der Waals surface area contributed by atoms with Gasteiger partial charge in [-0.15, -0.1) is 0 Å². The number of rotatable bonds is 3. The maximum absolute atomic E-state index is 12.7. The lowest BCUT2D eigenvalue weighted by Crippen LogP contribution is -2.36. The molecule has 1 fully saturated rings. The minimum atomic E-state index is 0.109. The van der Waals surface area contributed by atoms with Crippen LogP contribution in [0.2, 0.25) is 0 Å². The van der Waals surface area contributed by atoms with Gasteiger partial charge in [0.2, 0.25) is 0 Å². The van der Waals surface area contributed by atoms with E-state index in [-0.39, 0.29) is 5.56 Å². The lowest BCUT2D eigenvalue weighted by atomic mass is 9.94. The van der Waals surface area contributed by atoms with Gasteiger partial charge in [0.1, 0.15) is 0 Å². The third-order valence-electron chi connectivity index (χ3n) is 5.07. The predicted molar refractivity (Wildman–Crippen MR) is 95.0 cm³/mol. The van der Waals surface area contributed by atoms with Gasteiger partial charge in [-0.2, -0.15) is 5.10 Å². The van der Waals surface area contributed by atoms with Crippen molar-refractivity contribution in [2.24, 2.45) is 7.05 Å². The van der Waals surface area contributed by atoms with Gasteiger partial charge in [-0.05, 0) is 43.0 Å². The van der Waals surface area contributed by atoms with Gasteiger partial charge < -0.3 is 4.57 Å². The number of benzene rings is 1. The smallest absolute Gasteiger partial charge is 0.255 e. The van der Waals surface area contributed by atoms with Crippen LogP contribution in [-0.2, 0) is 13.6 Å². The first-order chi connectivity index (χ1) is 11.7. The van der Waals surface area contributed by atoms with Crippen LogP contribution < -0.4 is 5.56 Å². The van der Waals surface area contributed by atoms with Crippen LogP contribution in [0, 0.1) is 0 Å². The molecule has 3 heterocycles. The Morgan fingerprint density at radius 3 is 3.00 bits per heavy atom. The Balaban J connectivity index is 1.60. The van der Waals surface area contributed by atoms with E-state index in [1.165, 1.54) is 12.1 Å². The first kappa shape index (κ1) is 15.1. The summed E-state index contributed by atoms with van der Waals surface area (Å²) in [4.78, 5) is 15.1. The molecule has 1 aliphatic heterocycles. The number of hydrogen-bond donors (Lipinski definition) is 1. The van der Waals surface area contributed by atoms with Crippen molar-refractivity contribution in [2.45, 2.75) is 25.3 Å². The van der Waals surface area contributed by atoms with Gasteiger partial charge in [-0.25, -0.2) is 0 Å². The van der Waals surface area contributed by atoms with Crippen molar-refractivity contribution in [3.63, 3.8) is 0 Å². The summed E-state index contributed by atoms with van der Waals surface area (Å²) in [5.74, 6) is 0.477. The fraction of sp³-hybridized carbons (Fsp3) is 0.368. The molecular formula is C19H22N4O. The standard InChI is InChI=1S/C19H22N4O/c1-22-18-7-3-2-5-14(18)11-16(19(22)24)13-23-10-4-6-15(12-23)17-8-9-20-21-17/h2-3,5,7-9,11,15H,4,6,10,12-13H2,1H3,(H,20,21). The Hall–Kier alpha value is -2.40. The molecule has 1 aromatic carbocycles. The number of pyridine rings is 1. The summed E-state index contributed by atoms with van der Waals surface area (Å²) in [6.07, 6.45) is 4.14. The number of likely N-dealkylation sites (tertiary alicyclic amines) is 1. The fourth-order valence-electron chi connectivity index (χ4n) is 3.79. The van der Waals surface area contributed by atoms with E-state index in [0.717, 1.165) is 36.0 Å². The third kappa shape index (κ3) is 2.76. The number of aromatic amines is 1. The molecule has 3 aromatic rings. The van der Waals surface area contributed by atoms with Crippen LogP contribution in [0.5, 0.6) is 0 Å². The Morgan fingerprint density at radius 2 is 2.17 bits per heavy atom. The normalized spacial score (nSPS) is 19.0. The van der Waals surface area contributed by atoms with Crippen molar-refractivity contribution in [1.29, 1.82) is 0 Å². The van der Waals surface area contributed by atoms with Gasteiger partial charge in [0, 0.05) is 43.5 Å². The lowest BCUT2D eigenvalue weighted by molar-refractivity contribution is 0.197. The summed E-state index contributed by atoms with van der Waals surface area (Å²) in [6, 6.07) is 12.2. The van der Waals surface area contributed by atoms with Gasteiger partial charge >= 0.3 is 0 Å². The quantitative estimate of drug-likeness (QED) is 0.806. The van der Waals surface area contributed by atoms with Gasteiger partial charge in [-0.1, -0.05) is 18.2 Å². The topological polar surface area (TPSA) is 53.9 Å². The average molecular weight is 322 g/mol. The monoisotopic (exact) mass is 322 g/mol. The Kier molecular flexibility index (Phi) is 3.94. The highest BCUT2D eigenvalue weighted by molar-refractivity contribution is 5.79. The number of nitrogens with one attached hydrogen (secondary N) is 1. The maximum atomic E-state index is 12.7. The average Bonchev–Trinajstić information content (AvgIpc) is 3.14. The van der Waals surface area contributed by atoms with E-state index in [2.05, 4.69) is 33.3 Å². The van der Waals surface area contributed by atoms with Crippen LogP contribution in [0.1, 0.15) is 30.0 Å². The highest BCUT2D eigenvalue weighted by Gasteiger charge is 2.23. The molecule has 5 nitrogen and oxygen atoms in total. The number of H-pyrrole nitrogens is 1. The molecule has 0 bridgehead atoms. The van der Waals surface area contributed by atoms with Crippen molar-refractivity contribution < 1.29 is 0 Å². The zero-order valence-electron chi connectivity index (χ0n) is 13.9. The number of aryl methyl sites for hydroxylation is 1. The highest BCUT2D eigenvalue weighted by atomic mass is 16.1. The number of para-hydroxylation sites is 1. The predicted octanol–water partition coefficient (Wildman–Crippen LogP) is 2.64. The second-order valence-corrected chi connectivity index (χ2v) is 6.68. The molecule has 4 rings (SSSR count). The molecule has 1 N–H and O–H groups in total. The number of fused-ring (bicyclic) bond motifs is 1. The van der Waals surface area contributed by atoms with Crippen LogP contribution in [0.15, 0.2) is 47.4 Å². The van der Waals surface area contributed by atoms with E-state index >= 15 is 0 Å². The first-order valence-electron chi connectivity index (χ1n) is 8.51. The van der Waals surface area contributed by atoms with Gasteiger partial charge in [0.25, 0.3) is 5.56 Å². The summed E-state index contributed by atoms with van der Waals surface area (Å²) < 4.78 is 1.76. The van der Waals surface area contributed by atoms with E-state index < -0.39 is 0 Å². The summed E-state index contributed by atoms with van der Waals surface area (Å²) >= 11 is 0. The lowest BCUT2D eigenvalue weighted by Gasteiger charge is -2.32. The van der Waals surface area contributed by atoms with Crippen molar-refractivity contribution >= 4 is 10.9 Å². The number of aromatic nitrogens is 3. The Labute approximate surface area is 140 Å². The third-order valence-corrected chi connectivity index (χ3v) is 5.07. The molecule has 0 amide bonds. The molecule has 24 heavy (non-hydrogen) atoms. The van der Waals surface area contributed by atoms with E-state index in [1.807, 2.05) is 31.4 Å². The van der Waals surface area contributed by atoms with Crippen molar-refractivity contribution in [3.05, 3.63) is 64.2 Å². The molecule has 1 saturated heterocycles. The molecule has 2 aromatic heterocycles. The molecule has 0 aliphatic carbocycles. The fourth-order valence-corrected chi connectivity index (χ4v) is 3.79. The van der Waals surface area contributed by atoms with Crippen LogP contribution in [-0.4, -0.2) is 32.8 Å². The number of hydrogen-bond acceptors (Lipinski definition) is 3. The zero-order chi connectivity index (χ0) is 16.5. The number of piperidine rings is 1. The molecule has 0 saturated carbocycles. The van der Waals surface area contributed by atoms with Crippen molar-refractivity contribution in [1.82, 2.24) is 19.7 Å². The first-order valence-corrected chi connectivity index (χ1v) is 8.51. The van der Waals surface area contributed by atoms with Gasteiger partial charge in [0.15, 0.2) is 0 Å². The van der Waals surface area contributed by atoms with Crippen LogP contribution in [0.3, 0.4) is 0 Å². The van der Waals surface area contributed by atoms with E-state index in [1.54, 1.807) is 4.57 Å². The van der Waals surface area contributed by atoms with Crippen molar-refractivity contribution in [2.75, 3.05) is 13.1 Å². The summed E-state index contributed by atoms with van der Waals surface area (Å²) in [5.41, 5.74) is 3.17. The van der Waals surface area contributed by atoms with Crippen LogP contribution >= 0.6 is 0 Å². The van der Waals surface area contributed by atoms with Crippen molar-refractivity contribution in [3.8, 4) is 0 Å². The summed E-state index contributed by atoms with van der Waals surface area (Å²) in [6.45, 7) is 2.72. The second-order valence-electron chi connectivity index (χ2n) is 6.68. The SMILES string of the molecule is Cn1c(=O)c(CN2CCCC(c3ccn[nH]3)C2)cc2ccccc21. The number of nitrogens with zero attached hydrogens (tertiary/aromatic N) is 3. The molecule has 1 atom stereocenters. The van der Waals surface area contributed by atoms with E-state index in [4.69, 9.17) is 0 Å². The molecule has 124 valence electrons. The maximum Gasteiger partial charge on any atom is 0.255 e. The van der Waals surface area contributed by atoms with E-state index in [0.29, 0.717) is 12.5 Å². The van der Waals surface area contributed by atoms with Gasteiger partial charge in [0.05, 0.1) is 5.52 Å². The molecule has 0 spiro atoms. The minimum absolute atomic E-state index is 0.109. The molecular weight excluding hydrogens is 300 g/mol. The van der Waals surface area contributed by atoms with Crippen LogP contribution in [0.25, 0.3) is 10.9 Å². The molecule has 5 heteroatoms. The van der Waals surface area contributed by atoms with E-state index in [9.17, 15) is 4.79 Å².